The zero-order valence-corrected chi connectivity index (χ0v) is 17.2. The molecule has 0 spiro atoms. The van der Waals surface area contributed by atoms with E-state index in [0.717, 1.165) is 28.3 Å². The van der Waals surface area contributed by atoms with Gasteiger partial charge in [-0.25, -0.2) is 4.68 Å². The lowest BCUT2D eigenvalue weighted by Crippen LogP contribution is -2.25. The zero-order valence-electron chi connectivity index (χ0n) is 17.2. The Morgan fingerprint density at radius 3 is 2.47 bits per heavy atom. The standard InChI is InChI=1S/C22H23N3O5/c1-12-20-16(13-9-17(26)21(30-4)18(10-13)29-3)11-19(27)23-22(20)25(24-12)14-5-7-15(28-2)8-6-14/h5-10,16,26H,11H2,1-4H3,(H,23,27). The van der Waals surface area contributed by atoms with Gasteiger partial charge in [0.2, 0.25) is 11.7 Å². The summed E-state index contributed by atoms with van der Waals surface area (Å²) in [5, 5.41) is 18.0. The van der Waals surface area contributed by atoms with Crippen molar-refractivity contribution in [2.24, 2.45) is 0 Å². The van der Waals surface area contributed by atoms with Crippen LogP contribution in [-0.4, -0.2) is 42.1 Å². The number of anilines is 1. The second kappa shape index (κ2) is 7.62. The maximum atomic E-state index is 12.6. The summed E-state index contributed by atoms with van der Waals surface area (Å²) < 4.78 is 17.5. The van der Waals surface area contributed by atoms with Gasteiger partial charge in [-0.3, -0.25) is 4.79 Å². The molecule has 3 aromatic rings. The number of nitrogens with zero attached hydrogens (tertiary/aromatic N) is 2. The molecule has 8 nitrogen and oxygen atoms in total. The molecule has 1 amide bonds. The number of rotatable bonds is 5. The van der Waals surface area contributed by atoms with Gasteiger partial charge in [0, 0.05) is 17.9 Å². The van der Waals surface area contributed by atoms with E-state index in [2.05, 4.69) is 10.4 Å². The fourth-order valence-electron chi connectivity index (χ4n) is 3.91. The van der Waals surface area contributed by atoms with Crippen molar-refractivity contribution in [2.75, 3.05) is 26.6 Å². The monoisotopic (exact) mass is 409 g/mol. The molecule has 0 bridgehead atoms. The highest BCUT2D eigenvalue weighted by atomic mass is 16.5. The first kappa shape index (κ1) is 19.6. The van der Waals surface area contributed by atoms with Crippen LogP contribution in [0, 0.1) is 6.92 Å². The van der Waals surface area contributed by atoms with E-state index < -0.39 is 0 Å². The van der Waals surface area contributed by atoms with Gasteiger partial charge in [-0.05, 0) is 48.9 Å². The van der Waals surface area contributed by atoms with Gasteiger partial charge in [-0.15, -0.1) is 0 Å². The number of methoxy groups -OCH3 is 3. The molecule has 30 heavy (non-hydrogen) atoms. The Hall–Kier alpha value is -3.68. The highest BCUT2D eigenvalue weighted by Gasteiger charge is 2.33. The number of carbonyl (C=O) groups is 1. The Kier molecular flexibility index (Phi) is 4.99. The lowest BCUT2D eigenvalue weighted by molar-refractivity contribution is -0.116. The number of carbonyl (C=O) groups excluding carboxylic acids is 1. The van der Waals surface area contributed by atoms with Gasteiger partial charge in [0.15, 0.2) is 11.5 Å². The average Bonchev–Trinajstić information content (AvgIpc) is 3.08. The lowest BCUT2D eigenvalue weighted by atomic mass is 9.85. The molecule has 0 radical (unpaired) electrons. The van der Waals surface area contributed by atoms with Gasteiger partial charge in [0.1, 0.15) is 11.6 Å². The van der Waals surface area contributed by atoms with Crippen molar-refractivity contribution >= 4 is 11.7 Å². The maximum absolute atomic E-state index is 12.6. The van der Waals surface area contributed by atoms with Crippen molar-refractivity contribution in [1.82, 2.24) is 9.78 Å². The molecule has 1 aliphatic rings. The van der Waals surface area contributed by atoms with Crippen molar-refractivity contribution in [2.45, 2.75) is 19.3 Å². The van der Waals surface area contributed by atoms with Crippen molar-refractivity contribution in [3.63, 3.8) is 0 Å². The van der Waals surface area contributed by atoms with E-state index in [1.165, 1.54) is 14.2 Å². The zero-order chi connectivity index (χ0) is 21.4. The van der Waals surface area contributed by atoms with Crippen molar-refractivity contribution in [1.29, 1.82) is 0 Å². The number of phenolic OH excluding ortho intramolecular Hbond substituents is 1. The number of aromatic hydroxyl groups is 1. The van der Waals surface area contributed by atoms with Crippen LogP contribution in [0.2, 0.25) is 0 Å². The number of hydrogen-bond acceptors (Lipinski definition) is 6. The van der Waals surface area contributed by atoms with Crippen molar-refractivity contribution in [3.8, 4) is 28.7 Å². The summed E-state index contributed by atoms with van der Waals surface area (Å²) >= 11 is 0. The van der Waals surface area contributed by atoms with Gasteiger partial charge in [0.25, 0.3) is 0 Å². The third-order valence-corrected chi connectivity index (χ3v) is 5.30. The summed E-state index contributed by atoms with van der Waals surface area (Å²) in [5.41, 5.74) is 3.24. The molecule has 2 heterocycles. The van der Waals surface area contributed by atoms with Gasteiger partial charge in [-0.1, -0.05) is 0 Å². The SMILES string of the molecule is COc1ccc(-n2nc(C)c3c2NC(=O)CC3c2cc(O)c(OC)c(OC)c2)cc1. The van der Waals surface area contributed by atoms with E-state index in [4.69, 9.17) is 14.2 Å². The number of aromatic nitrogens is 2. The molecule has 0 saturated carbocycles. The number of amides is 1. The summed E-state index contributed by atoms with van der Waals surface area (Å²) in [4.78, 5) is 12.6. The van der Waals surface area contributed by atoms with Gasteiger partial charge in [-0.2, -0.15) is 5.10 Å². The number of ether oxygens (including phenoxy) is 3. The molecule has 2 N–H and O–H groups in total. The van der Waals surface area contributed by atoms with Gasteiger partial charge >= 0.3 is 0 Å². The number of aryl methyl sites for hydroxylation is 1. The van der Waals surface area contributed by atoms with E-state index in [-0.39, 0.29) is 29.7 Å². The second-order valence-electron chi connectivity index (χ2n) is 7.04. The summed E-state index contributed by atoms with van der Waals surface area (Å²) in [6, 6.07) is 10.8. The number of hydrogen-bond donors (Lipinski definition) is 2. The predicted octanol–water partition coefficient (Wildman–Crippen LogP) is 3.39. The Balaban J connectivity index is 1.84. The van der Waals surface area contributed by atoms with E-state index in [9.17, 15) is 9.90 Å². The minimum absolute atomic E-state index is 0.0421. The van der Waals surface area contributed by atoms with Crippen LogP contribution in [0.15, 0.2) is 36.4 Å². The minimum Gasteiger partial charge on any atom is -0.504 e. The molecule has 8 heteroatoms. The largest absolute Gasteiger partial charge is 0.504 e. The number of phenols is 1. The fourth-order valence-corrected chi connectivity index (χ4v) is 3.91. The van der Waals surface area contributed by atoms with Crippen molar-refractivity contribution in [3.05, 3.63) is 53.2 Å². The van der Waals surface area contributed by atoms with Crippen molar-refractivity contribution < 1.29 is 24.1 Å². The molecule has 1 aromatic heterocycles. The van der Waals surface area contributed by atoms with Crippen LogP contribution in [0.25, 0.3) is 5.69 Å². The van der Waals surface area contributed by atoms with E-state index in [0.29, 0.717) is 11.6 Å². The quantitative estimate of drug-likeness (QED) is 0.671. The van der Waals surface area contributed by atoms with Crippen LogP contribution < -0.4 is 19.5 Å². The summed E-state index contributed by atoms with van der Waals surface area (Å²) in [7, 11) is 4.58. The number of benzene rings is 2. The van der Waals surface area contributed by atoms with Crippen LogP contribution in [0.5, 0.6) is 23.0 Å². The number of fused-ring (bicyclic) bond motifs is 1. The molecule has 4 rings (SSSR count). The van der Waals surface area contributed by atoms with E-state index in [1.54, 1.807) is 23.9 Å². The smallest absolute Gasteiger partial charge is 0.226 e. The molecule has 0 saturated heterocycles. The Morgan fingerprint density at radius 2 is 1.83 bits per heavy atom. The molecular weight excluding hydrogens is 386 g/mol. The van der Waals surface area contributed by atoms with Crippen LogP contribution >= 0.6 is 0 Å². The van der Waals surface area contributed by atoms with Gasteiger partial charge < -0.3 is 24.6 Å². The summed E-state index contributed by atoms with van der Waals surface area (Å²) in [6.45, 7) is 1.91. The molecule has 1 atom stereocenters. The minimum atomic E-state index is -0.286. The number of nitrogens with one attached hydrogen (secondary N) is 1. The van der Waals surface area contributed by atoms with Crippen LogP contribution in [0.1, 0.15) is 29.2 Å². The predicted molar refractivity (Wildman–Crippen MR) is 111 cm³/mol. The topological polar surface area (TPSA) is 94.8 Å². The highest BCUT2D eigenvalue weighted by molar-refractivity contribution is 5.95. The molecular formula is C22H23N3O5. The third-order valence-electron chi connectivity index (χ3n) is 5.30. The Labute approximate surface area is 174 Å². The Bertz CT molecular complexity index is 1100. The second-order valence-corrected chi connectivity index (χ2v) is 7.04. The summed E-state index contributed by atoms with van der Waals surface area (Å²) in [5.74, 6) is 1.56. The van der Waals surface area contributed by atoms with Crippen LogP contribution in [0.4, 0.5) is 5.82 Å². The Morgan fingerprint density at radius 1 is 1.10 bits per heavy atom. The van der Waals surface area contributed by atoms with Crippen LogP contribution in [-0.2, 0) is 4.79 Å². The molecule has 0 aliphatic carbocycles. The van der Waals surface area contributed by atoms with E-state index >= 15 is 0 Å². The summed E-state index contributed by atoms with van der Waals surface area (Å²) in [6.07, 6.45) is 0.233. The first-order chi connectivity index (χ1) is 14.5. The van der Waals surface area contributed by atoms with Gasteiger partial charge in [0.05, 0.1) is 32.7 Å². The molecule has 2 aromatic carbocycles. The first-order valence-corrected chi connectivity index (χ1v) is 9.45. The lowest BCUT2D eigenvalue weighted by Gasteiger charge is -2.25. The maximum Gasteiger partial charge on any atom is 0.226 e. The highest BCUT2D eigenvalue weighted by Crippen LogP contribution is 2.45. The molecule has 0 fully saturated rings. The van der Waals surface area contributed by atoms with E-state index in [1.807, 2.05) is 31.2 Å². The fraction of sp³-hybridized carbons (Fsp3) is 0.273. The average molecular weight is 409 g/mol. The molecule has 1 unspecified atom stereocenters. The first-order valence-electron chi connectivity index (χ1n) is 9.45. The molecule has 156 valence electrons. The van der Waals surface area contributed by atoms with Crippen LogP contribution in [0.3, 0.4) is 0 Å². The molecule has 1 aliphatic heterocycles. The normalized spacial score (nSPS) is 15.3. The third kappa shape index (κ3) is 3.20.